The predicted molar refractivity (Wildman–Crippen MR) is 83.0 cm³/mol. The average Bonchev–Trinajstić information content (AvgIpc) is 2.78. The van der Waals surface area contributed by atoms with E-state index in [4.69, 9.17) is 0 Å². The largest absolute Gasteiger partial charge is 0.336 e. The van der Waals surface area contributed by atoms with Crippen LogP contribution < -0.4 is 5.32 Å². The summed E-state index contributed by atoms with van der Waals surface area (Å²) in [4.78, 5) is 8.96. The summed E-state index contributed by atoms with van der Waals surface area (Å²) in [5, 5.41) is 3.50. The van der Waals surface area contributed by atoms with E-state index in [0.717, 1.165) is 33.4 Å². The molecule has 0 spiro atoms. The maximum atomic E-state index is 4.52. The first-order valence-electron chi connectivity index (χ1n) is 6.15. The molecule has 2 aromatic heterocycles. The fraction of sp³-hybridized carbons (Fsp3) is 0.385. The Bertz CT molecular complexity index is 553. The molecule has 0 bridgehead atoms. The molecule has 0 aliphatic rings. The Labute approximate surface area is 129 Å². The van der Waals surface area contributed by atoms with Crippen LogP contribution >= 0.6 is 31.9 Å². The third-order valence-electron chi connectivity index (χ3n) is 2.82. The van der Waals surface area contributed by atoms with Gasteiger partial charge in [-0.25, -0.2) is 4.98 Å². The van der Waals surface area contributed by atoms with Crippen molar-refractivity contribution in [3.63, 3.8) is 0 Å². The minimum absolute atomic E-state index is 0.0116. The first-order valence-corrected chi connectivity index (χ1v) is 7.73. The van der Waals surface area contributed by atoms with Gasteiger partial charge < -0.3 is 9.88 Å². The van der Waals surface area contributed by atoms with Gasteiger partial charge in [0.25, 0.3) is 0 Å². The van der Waals surface area contributed by atoms with E-state index in [2.05, 4.69) is 54.1 Å². The first kappa shape index (κ1) is 14.7. The van der Waals surface area contributed by atoms with E-state index >= 15 is 0 Å². The minimum Gasteiger partial charge on any atom is -0.336 e. The van der Waals surface area contributed by atoms with E-state index in [1.807, 2.05) is 36.3 Å². The second kappa shape index (κ2) is 6.63. The second-order valence-electron chi connectivity index (χ2n) is 4.30. The summed E-state index contributed by atoms with van der Waals surface area (Å²) in [6, 6.07) is 1.99. The SMILES string of the molecule is CCCNC(c1ncc(Br)cc1Br)c1nccn1C. The van der Waals surface area contributed by atoms with E-state index in [-0.39, 0.29) is 6.04 Å². The van der Waals surface area contributed by atoms with Crippen LogP contribution in [0.1, 0.15) is 30.9 Å². The molecular weight excluding hydrogens is 372 g/mol. The number of halogens is 2. The van der Waals surface area contributed by atoms with E-state index in [1.54, 1.807) is 0 Å². The zero-order chi connectivity index (χ0) is 13.8. The van der Waals surface area contributed by atoms with Gasteiger partial charge in [-0.2, -0.15) is 0 Å². The van der Waals surface area contributed by atoms with Crippen LogP contribution in [-0.2, 0) is 7.05 Å². The number of aromatic nitrogens is 3. The van der Waals surface area contributed by atoms with Crippen molar-refractivity contribution in [2.45, 2.75) is 19.4 Å². The van der Waals surface area contributed by atoms with Crippen LogP contribution in [0.25, 0.3) is 0 Å². The lowest BCUT2D eigenvalue weighted by Gasteiger charge is -2.19. The van der Waals surface area contributed by atoms with Gasteiger partial charge in [0, 0.05) is 34.6 Å². The molecule has 2 heterocycles. The number of aryl methyl sites for hydroxylation is 1. The highest BCUT2D eigenvalue weighted by Crippen LogP contribution is 2.28. The van der Waals surface area contributed by atoms with Gasteiger partial charge in [-0.15, -0.1) is 0 Å². The zero-order valence-electron chi connectivity index (χ0n) is 10.9. The van der Waals surface area contributed by atoms with Crippen molar-refractivity contribution in [3.8, 4) is 0 Å². The quantitative estimate of drug-likeness (QED) is 0.854. The lowest BCUT2D eigenvalue weighted by molar-refractivity contribution is 0.543. The summed E-state index contributed by atoms with van der Waals surface area (Å²) in [6.07, 6.45) is 6.63. The van der Waals surface area contributed by atoms with Gasteiger partial charge >= 0.3 is 0 Å². The summed E-state index contributed by atoms with van der Waals surface area (Å²) < 4.78 is 3.94. The number of rotatable bonds is 5. The smallest absolute Gasteiger partial charge is 0.131 e. The molecule has 6 heteroatoms. The highest BCUT2D eigenvalue weighted by Gasteiger charge is 2.21. The van der Waals surface area contributed by atoms with Gasteiger partial charge in [-0.05, 0) is 50.9 Å². The lowest BCUT2D eigenvalue weighted by atomic mass is 10.1. The predicted octanol–water partition coefficient (Wildman–Crippen LogP) is 3.43. The summed E-state index contributed by atoms with van der Waals surface area (Å²) in [5.41, 5.74) is 0.950. The van der Waals surface area contributed by atoms with Crippen molar-refractivity contribution in [2.75, 3.05) is 6.54 Å². The molecule has 0 radical (unpaired) electrons. The van der Waals surface area contributed by atoms with Crippen LogP contribution in [0.2, 0.25) is 0 Å². The molecule has 4 nitrogen and oxygen atoms in total. The molecule has 1 atom stereocenters. The van der Waals surface area contributed by atoms with Crippen molar-refractivity contribution in [2.24, 2.45) is 7.05 Å². The molecule has 0 saturated heterocycles. The maximum absolute atomic E-state index is 4.52. The first-order chi connectivity index (χ1) is 9.13. The molecule has 0 amide bonds. The number of imidazole rings is 1. The van der Waals surface area contributed by atoms with Crippen molar-refractivity contribution in [1.82, 2.24) is 19.9 Å². The minimum atomic E-state index is -0.0116. The zero-order valence-corrected chi connectivity index (χ0v) is 14.1. The second-order valence-corrected chi connectivity index (χ2v) is 6.07. The molecule has 0 saturated carbocycles. The molecule has 2 rings (SSSR count). The van der Waals surface area contributed by atoms with E-state index in [9.17, 15) is 0 Å². The molecule has 102 valence electrons. The van der Waals surface area contributed by atoms with Gasteiger partial charge in [0.2, 0.25) is 0 Å². The molecule has 0 fully saturated rings. The lowest BCUT2D eigenvalue weighted by Crippen LogP contribution is -2.27. The van der Waals surface area contributed by atoms with Gasteiger partial charge in [0.05, 0.1) is 5.69 Å². The third kappa shape index (κ3) is 3.43. The Morgan fingerprint density at radius 2 is 2.16 bits per heavy atom. The Morgan fingerprint density at radius 1 is 1.37 bits per heavy atom. The molecule has 0 aliphatic heterocycles. The summed E-state index contributed by atoms with van der Waals surface area (Å²) >= 11 is 7.01. The highest BCUT2D eigenvalue weighted by molar-refractivity contribution is 9.11. The van der Waals surface area contributed by atoms with Crippen molar-refractivity contribution < 1.29 is 0 Å². The maximum Gasteiger partial charge on any atom is 0.131 e. The summed E-state index contributed by atoms with van der Waals surface area (Å²) in [6.45, 7) is 3.06. The van der Waals surface area contributed by atoms with Gasteiger partial charge in [0.15, 0.2) is 0 Å². The fourth-order valence-electron chi connectivity index (χ4n) is 1.89. The molecule has 0 aliphatic carbocycles. The summed E-state index contributed by atoms with van der Waals surface area (Å²) in [7, 11) is 2.00. The molecule has 1 N–H and O–H groups in total. The van der Waals surface area contributed by atoms with Gasteiger partial charge in [-0.3, -0.25) is 4.98 Å². The van der Waals surface area contributed by atoms with Crippen LogP contribution in [0.15, 0.2) is 33.6 Å². The molecular formula is C13H16Br2N4. The van der Waals surface area contributed by atoms with Gasteiger partial charge in [-0.1, -0.05) is 6.92 Å². The number of hydrogen-bond acceptors (Lipinski definition) is 3. The molecule has 1 unspecified atom stereocenters. The van der Waals surface area contributed by atoms with Crippen LogP contribution in [0.5, 0.6) is 0 Å². The topological polar surface area (TPSA) is 42.7 Å². The summed E-state index contributed by atoms with van der Waals surface area (Å²) in [5.74, 6) is 0.962. The normalized spacial score (nSPS) is 12.6. The monoisotopic (exact) mass is 386 g/mol. The highest BCUT2D eigenvalue weighted by atomic mass is 79.9. The number of pyridine rings is 1. The Balaban J connectivity index is 2.40. The number of hydrogen-bond donors (Lipinski definition) is 1. The number of nitrogens with zero attached hydrogens (tertiary/aromatic N) is 3. The van der Waals surface area contributed by atoms with E-state index < -0.39 is 0 Å². The van der Waals surface area contributed by atoms with E-state index in [0.29, 0.717) is 0 Å². The van der Waals surface area contributed by atoms with Crippen molar-refractivity contribution in [3.05, 3.63) is 45.1 Å². The van der Waals surface area contributed by atoms with Crippen LogP contribution in [0.3, 0.4) is 0 Å². The Hall–Kier alpha value is -0.720. The fourth-order valence-corrected chi connectivity index (χ4v) is 3.11. The molecule has 2 aromatic rings. The third-order valence-corrected chi connectivity index (χ3v) is 3.89. The van der Waals surface area contributed by atoms with Crippen molar-refractivity contribution >= 4 is 31.9 Å². The molecule has 19 heavy (non-hydrogen) atoms. The number of nitrogens with one attached hydrogen (secondary N) is 1. The Morgan fingerprint density at radius 3 is 2.74 bits per heavy atom. The van der Waals surface area contributed by atoms with Crippen molar-refractivity contribution in [1.29, 1.82) is 0 Å². The van der Waals surface area contributed by atoms with Gasteiger partial charge in [0.1, 0.15) is 11.9 Å². The standard InChI is InChI=1S/C13H16Br2N4/c1-3-4-16-12(13-17-5-6-19(13)2)11-10(15)7-9(14)8-18-11/h5-8,12,16H,3-4H2,1-2H3. The van der Waals surface area contributed by atoms with Crippen LogP contribution in [-0.4, -0.2) is 21.1 Å². The molecule has 0 aromatic carbocycles. The Kier molecular flexibility index (Phi) is 5.13. The van der Waals surface area contributed by atoms with Crippen LogP contribution in [0, 0.1) is 0 Å². The van der Waals surface area contributed by atoms with E-state index in [1.165, 1.54) is 0 Å². The van der Waals surface area contributed by atoms with Crippen LogP contribution in [0.4, 0.5) is 0 Å². The average molecular weight is 388 g/mol.